The summed E-state index contributed by atoms with van der Waals surface area (Å²) < 4.78 is 27.2. The minimum atomic E-state index is -3.63. The second kappa shape index (κ2) is 7.06. The molecule has 0 radical (unpaired) electrons. The van der Waals surface area contributed by atoms with E-state index in [0.717, 1.165) is 0 Å². The summed E-state index contributed by atoms with van der Waals surface area (Å²) in [7, 11) is -3.63. The van der Waals surface area contributed by atoms with Crippen LogP contribution in [-0.2, 0) is 10.0 Å². The third-order valence-electron chi connectivity index (χ3n) is 3.20. The molecular formula is C12H17BrClN3O3S. The first-order valence-electron chi connectivity index (χ1n) is 6.15. The van der Waals surface area contributed by atoms with Gasteiger partial charge < -0.3 is 11.1 Å². The smallest absolute Gasteiger partial charge is 0.248 e. The lowest BCUT2D eigenvalue weighted by atomic mass is 10.2. The van der Waals surface area contributed by atoms with Gasteiger partial charge in [-0.05, 0) is 25.1 Å². The first-order valence-corrected chi connectivity index (χ1v) is 8.38. The quantitative estimate of drug-likeness (QED) is 0.793. The van der Waals surface area contributed by atoms with E-state index in [1.54, 1.807) is 0 Å². The van der Waals surface area contributed by atoms with E-state index in [0.29, 0.717) is 24.1 Å². The van der Waals surface area contributed by atoms with Gasteiger partial charge >= 0.3 is 0 Å². The lowest BCUT2D eigenvalue weighted by Gasteiger charge is -2.32. The van der Waals surface area contributed by atoms with Crippen molar-refractivity contribution >= 4 is 44.3 Å². The van der Waals surface area contributed by atoms with Crippen molar-refractivity contribution in [1.82, 2.24) is 9.62 Å². The summed E-state index contributed by atoms with van der Waals surface area (Å²) in [6.07, 6.45) is 0. The molecule has 1 atom stereocenters. The molecule has 1 saturated heterocycles. The fraction of sp³-hybridized carbons (Fsp3) is 0.417. The molecule has 0 aromatic heterocycles. The fourth-order valence-electron chi connectivity index (χ4n) is 2.17. The van der Waals surface area contributed by atoms with Crippen molar-refractivity contribution in [3.63, 3.8) is 0 Å². The zero-order chi connectivity index (χ0) is 14.9. The molecule has 1 aromatic rings. The molecule has 0 bridgehead atoms. The highest BCUT2D eigenvalue weighted by molar-refractivity contribution is 9.10. The Hall–Kier alpha value is -0.670. The number of benzene rings is 1. The van der Waals surface area contributed by atoms with Crippen molar-refractivity contribution in [1.29, 1.82) is 0 Å². The van der Waals surface area contributed by atoms with Crippen molar-refractivity contribution < 1.29 is 13.2 Å². The topological polar surface area (TPSA) is 92.5 Å². The Kier molecular flexibility index (Phi) is 6.18. The third kappa shape index (κ3) is 3.95. The number of rotatable bonds is 3. The number of sulfonamides is 1. The zero-order valence-corrected chi connectivity index (χ0v) is 14.6. The molecule has 0 spiro atoms. The summed E-state index contributed by atoms with van der Waals surface area (Å²) in [6.45, 7) is 3.47. The number of amides is 1. The van der Waals surface area contributed by atoms with E-state index >= 15 is 0 Å². The Balaban J connectivity index is 0.00000220. The molecule has 1 unspecified atom stereocenters. The van der Waals surface area contributed by atoms with Crippen molar-refractivity contribution in [2.45, 2.75) is 17.9 Å². The third-order valence-corrected chi connectivity index (χ3v) is 5.65. The number of nitrogens with one attached hydrogen (secondary N) is 1. The number of hydrogen-bond acceptors (Lipinski definition) is 4. The van der Waals surface area contributed by atoms with Gasteiger partial charge in [0.2, 0.25) is 15.9 Å². The van der Waals surface area contributed by atoms with Crippen molar-refractivity contribution in [3.05, 3.63) is 28.2 Å². The summed E-state index contributed by atoms with van der Waals surface area (Å²) in [6, 6.07) is 4.17. The molecule has 6 nitrogen and oxygen atoms in total. The van der Waals surface area contributed by atoms with E-state index in [1.165, 1.54) is 22.5 Å². The highest BCUT2D eigenvalue weighted by Crippen LogP contribution is 2.24. The molecule has 21 heavy (non-hydrogen) atoms. The van der Waals surface area contributed by atoms with Crippen molar-refractivity contribution in [2.75, 3.05) is 19.6 Å². The lowest BCUT2D eigenvalue weighted by molar-refractivity contribution is 0.1000. The molecule has 1 fully saturated rings. The number of piperazine rings is 1. The lowest BCUT2D eigenvalue weighted by Crippen LogP contribution is -2.52. The minimum Gasteiger partial charge on any atom is -0.366 e. The molecule has 1 amide bonds. The number of nitrogens with zero attached hydrogens (tertiary/aromatic N) is 1. The van der Waals surface area contributed by atoms with Crippen LogP contribution in [0.5, 0.6) is 0 Å². The van der Waals surface area contributed by atoms with Crippen LogP contribution in [0.2, 0.25) is 0 Å². The first-order chi connectivity index (χ1) is 9.32. The Morgan fingerprint density at radius 1 is 1.43 bits per heavy atom. The molecule has 1 aliphatic heterocycles. The Morgan fingerprint density at radius 2 is 2.10 bits per heavy atom. The van der Waals surface area contributed by atoms with E-state index in [2.05, 4.69) is 21.2 Å². The molecule has 1 aromatic carbocycles. The van der Waals surface area contributed by atoms with Crippen LogP contribution in [-0.4, -0.2) is 44.3 Å². The summed E-state index contributed by atoms with van der Waals surface area (Å²) in [5.41, 5.74) is 5.39. The Morgan fingerprint density at radius 3 is 2.67 bits per heavy atom. The van der Waals surface area contributed by atoms with Crippen LogP contribution in [0, 0.1) is 0 Å². The number of halogens is 2. The van der Waals surface area contributed by atoms with Crippen molar-refractivity contribution in [3.8, 4) is 0 Å². The molecule has 1 heterocycles. The van der Waals surface area contributed by atoms with Crippen LogP contribution in [0.3, 0.4) is 0 Å². The van der Waals surface area contributed by atoms with E-state index in [4.69, 9.17) is 5.73 Å². The van der Waals surface area contributed by atoms with Gasteiger partial charge in [0, 0.05) is 35.7 Å². The summed E-state index contributed by atoms with van der Waals surface area (Å²) in [5.74, 6) is -0.656. The fourth-order valence-corrected chi connectivity index (χ4v) is 4.52. The van der Waals surface area contributed by atoms with Gasteiger partial charge in [-0.1, -0.05) is 15.9 Å². The Bertz CT molecular complexity index is 639. The minimum absolute atomic E-state index is 0. The van der Waals surface area contributed by atoms with Gasteiger partial charge in [-0.3, -0.25) is 4.79 Å². The highest BCUT2D eigenvalue weighted by Gasteiger charge is 2.31. The second-order valence-corrected chi connectivity index (χ2v) is 7.51. The number of primary amides is 1. The van der Waals surface area contributed by atoms with Crippen LogP contribution in [0.1, 0.15) is 17.3 Å². The van der Waals surface area contributed by atoms with Crippen LogP contribution < -0.4 is 11.1 Å². The van der Waals surface area contributed by atoms with Crippen LogP contribution >= 0.6 is 28.3 Å². The predicted molar refractivity (Wildman–Crippen MR) is 86.1 cm³/mol. The van der Waals surface area contributed by atoms with Gasteiger partial charge in [-0.15, -0.1) is 12.4 Å². The van der Waals surface area contributed by atoms with E-state index in [1.807, 2.05) is 6.92 Å². The van der Waals surface area contributed by atoms with Crippen LogP contribution in [0.4, 0.5) is 0 Å². The standard InChI is InChI=1S/C12H16BrN3O3S.ClH/c1-8-7-15-2-3-16(8)20(18,19)11-5-9(12(14)17)4-10(13)6-11;/h4-6,8,15H,2-3,7H2,1H3,(H2,14,17);1H. The maximum absolute atomic E-state index is 12.6. The predicted octanol–water partition coefficient (Wildman–Crippen LogP) is 0.952. The van der Waals surface area contributed by atoms with E-state index in [-0.39, 0.29) is 28.9 Å². The molecule has 9 heteroatoms. The zero-order valence-electron chi connectivity index (χ0n) is 11.4. The number of carbonyl (C=O) groups excluding carboxylic acids is 1. The second-order valence-electron chi connectivity index (χ2n) is 4.71. The van der Waals surface area contributed by atoms with Gasteiger partial charge in [-0.25, -0.2) is 8.42 Å². The van der Waals surface area contributed by atoms with Crippen molar-refractivity contribution in [2.24, 2.45) is 5.73 Å². The summed E-state index contributed by atoms with van der Waals surface area (Å²) >= 11 is 3.21. The number of nitrogens with two attached hydrogens (primary N) is 1. The molecule has 1 aliphatic rings. The van der Waals surface area contributed by atoms with Gasteiger partial charge in [-0.2, -0.15) is 4.31 Å². The average molecular weight is 399 g/mol. The maximum Gasteiger partial charge on any atom is 0.248 e. The Labute approximate surface area is 138 Å². The average Bonchev–Trinajstić information content (AvgIpc) is 2.38. The first kappa shape index (κ1) is 18.4. The monoisotopic (exact) mass is 397 g/mol. The summed E-state index contributed by atoms with van der Waals surface area (Å²) in [5, 5.41) is 3.14. The van der Waals surface area contributed by atoms with Crippen LogP contribution in [0.15, 0.2) is 27.6 Å². The maximum atomic E-state index is 12.6. The number of hydrogen-bond donors (Lipinski definition) is 2. The largest absolute Gasteiger partial charge is 0.366 e. The number of carbonyl (C=O) groups is 1. The van der Waals surface area contributed by atoms with E-state index < -0.39 is 15.9 Å². The van der Waals surface area contributed by atoms with Gasteiger partial charge in [0.1, 0.15) is 0 Å². The normalized spacial score (nSPS) is 19.8. The summed E-state index contributed by atoms with van der Waals surface area (Å²) in [4.78, 5) is 11.3. The molecule has 2 rings (SSSR count). The molecule has 118 valence electrons. The van der Waals surface area contributed by atoms with E-state index in [9.17, 15) is 13.2 Å². The molecule has 0 aliphatic carbocycles. The molecule has 0 saturated carbocycles. The SMILES string of the molecule is CC1CNCCN1S(=O)(=O)c1cc(Br)cc(C(N)=O)c1.Cl. The van der Waals surface area contributed by atoms with Crippen LogP contribution in [0.25, 0.3) is 0 Å². The van der Waals surface area contributed by atoms with Gasteiger partial charge in [0.25, 0.3) is 0 Å². The van der Waals surface area contributed by atoms with Gasteiger partial charge in [0.15, 0.2) is 0 Å². The highest BCUT2D eigenvalue weighted by atomic mass is 79.9. The molecular weight excluding hydrogens is 382 g/mol. The molecule has 3 N–H and O–H groups in total. The van der Waals surface area contributed by atoms with Gasteiger partial charge in [0.05, 0.1) is 4.90 Å².